The fourth-order valence-corrected chi connectivity index (χ4v) is 4.63. The first-order chi connectivity index (χ1) is 19.8. The second-order valence-electron chi connectivity index (χ2n) is 11.4. The second kappa shape index (κ2) is 16.3. The number of carbonyl (C=O) groups is 4. The largest absolute Gasteiger partial charge is 0.480 e. The molecule has 1 aromatic heterocycles. The summed E-state index contributed by atoms with van der Waals surface area (Å²) in [4.78, 5) is 58.7. The van der Waals surface area contributed by atoms with Crippen LogP contribution in [0.1, 0.15) is 58.9 Å². The van der Waals surface area contributed by atoms with Crippen LogP contribution < -0.4 is 33.2 Å². The van der Waals surface area contributed by atoms with Gasteiger partial charge in [-0.3, -0.25) is 19.4 Å². The van der Waals surface area contributed by atoms with Crippen molar-refractivity contribution >= 4 is 40.6 Å². The number of carboxylic acids is 1. The van der Waals surface area contributed by atoms with Crippen molar-refractivity contribution in [2.45, 2.75) is 84.0 Å². The van der Waals surface area contributed by atoms with Crippen LogP contribution in [0.3, 0.4) is 0 Å². The molecule has 2 aromatic rings. The van der Waals surface area contributed by atoms with E-state index in [9.17, 15) is 24.3 Å². The van der Waals surface area contributed by atoms with Crippen molar-refractivity contribution in [2.24, 2.45) is 34.0 Å². The number of para-hydroxylation sites is 1. The molecule has 0 fully saturated rings. The zero-order valence-corrected chi connectivity index (χ0v) is 24.9. The molecule has 0 aliphatic heterocycles. The van der Waals surface area contributed by atoms with Crippen molar-refractivity contribution in [3.63, 3.8) is 0 Å². The highest BCUT2D eigenvalue weighted by atomic mass is 16.4. The van der Waals surface area contributed by atoms with Crippen LogP contribution in [0, 0.1) is 11.8 Å². The summed E-state index contributed by atoms with van der Waals surface area (Å²) in [5, 5.41) is 18.6. The Labute approximate surface area is 246 Å². The van der Waals surface area contributed by atoms with E-state index in [4.69, 9.17) is 17.2 Å². The molecule has 0 saturated carbocycles. The number of H-pyrrole nitrogens is 1. The van der Waals surface area contributed by atoms with Gasteiger partial charge in [-0.1, -0.05) is 45.9 Å². The topological polar surface area (TPSA) is 231 Å². The zero-order valence-electron chi connectivity index (χ0n) is 24.9. The number of carboxylic acid groups (broad SMARTS) is 1. The molecule has 0 aliphatic rings. The molecular weight excluding hydrogens is 540 g/mol. The van der Waals surface area contributed by atoms with E-state index in [1.807, 2.05) is 52.0 Å². The molecule has 232 valence electrons. The number of nitrogens with two attached hydrogens (primary N) is 3. The molecule has 11 N–H and O–H groups in total. The third-order valence-corrected chi connectivity index (χ3v) is 6.69. The number of amides is 3. The third-order valence-electron chi connectivity index (χ3n) is 6.69. The summed E-state index contributed by atoms with van der Waals surface area (Å²) in [6.45, 7) is 7.87. The van der Waals surface area contributed by atoms with Gasteiger partial charge >= 0.3 is 5.97 Å². The van der Waals surface area contributed by atoms with E-state index in [0.717, 1.165) is 16.5 Å². The number of nitrogens with one attached hydrogen (secondary N) is 4. The maximum absolute atomic E-state index is 13.7. The summed E-state index contributed by atoms with van der Waals surface area (Å²) in [6.07, 6.45) is 3.03. The van der Waals surface area contributed by atoms with Crippen molar-refractivity contribution in [3.05, 3.63) is 36.0 Å². The van der Waals surface area contributed by atoms with Gasteiger partial charge in [-0.05, 0) is 49.1 Å². The van der Waals surface area contributed by atoms with Crippen molar-refractivity contribution < 1.29 is 24.3 Å². The van der Waals surface area contributed by atoms with Crippen LogP contribution in [0.15, 0.2) is 35.5 Å². The normalized spacial score (nSPS) is 14.2. The van der Waals surface area contributed by atoms with Crippen LogP contribution in [0.2, 0.25) is 0 Å². The first kappa shape index (κ1) is 34.1. The zero-order chi connectivity index (χ0) is 31.4. The molecule has 0 radical (unpaired) electrons. The number of aliphatic carboxylic acids is 1. The van der Waals surface area contributed by atoms with Gasteiger partial charge in [0.15, 0.2) is 5.96 Å². The van der Waals surface area contributed by atoms with Crippen LogP contribution in [-0.2, 0) is 25.6 Å². The highest BCUT2D eigenvalue weighted by molar-refractivity contribution is 5.95. The predicted octanol–water partition coefficient (Wildman–Crippen LogP) is 0.723. The van der Waals surface area contributed by atoms with Crippen LogP contribution in [-0.4, -0.2) is 70.5 Å². The lowest BCUT2D eigenvalue weighted by atomic mass is 9.99. The van der Waals surface area contributed by atoms with Gasteiger partial charge in [-0.15, -0.1) is 0 Å². The number of nitrogens with zero attached hydrogens (tertiary/aromatic N) is 1. The molecule has 13 nitrogen and oxygen atoms in total. The number of hydrogen-bond donors (Lipinski definition) is 8. The molecule has 4 unspecified atom stereocenters. The number of hydrogen-bond acceptors (Lipinski definition) is 6. The summed E-state index contributed by atoms with van der Waals surface area (Å²) < 4.78 is 0. The van der Waals surface area contributed by atoms with Crippen molar-refractivity contribution in [1.29, 1.82) is 0 Å². The highest BCUT2D eigenvalue weighted by Gasteiger charge is 2.31. The Morgan fingerprint density at radius 1 is 0.881 bits per heavy atom. The number of aromatic amines is 1. The maximum atomic E-state index is 13.7. The van der Waals surface area contributed by atoms with Gasteiger partial charge in [0.2, 0.25) is 17.7 Å². The Kier molecular flexibility index (Phi) is 13.3. The predicted molar refractivity (Wildman–Crippen MR) is 162 cm³/mol. The van der Waals surface area contributed by atoms with Gasteiger partial charge in [-0.25, -0.2) is 4.79 Å². The molecule has 1 aromatic carbocycles. The third kappa shape index (κ3) is 11.0. The Bertz CT molecular complexity index is 1240. The minimum absolute atomic E-state index is 0.00711. The summed E-state index contributed by atoms with van der Waals surface area (Å²) in [7, 11) is 0. The molecular formula is C29H46N8O5. The van der Waals surface area contributed by atoms with E-state index in [1.54, 1.807) is 6.20 Å². The monoisotopic (exact) mass is 586 g/mol. The Morgan fingerprint density at radius 2 is 1.48 bits per heavy atom. The number of carbonyl (C=O) groups excluding carboxylic acids is 3. The molecule has 2 rings (SSSR count). The lowest BCUT2D eigenvalue weighted by Crippen LogP contribution is -2.58. The maximum Gasteiger partial charge on any atom is 0.326 e. The smallest absolute Gasteiger partial charge is 0.326 e. The first-order valence-electron chi connectivity index (χ1n) is 14.3. The molecule has 1 heterocycles. The van der Waals surface area contributed by atoms with Gasteiger partial charge in [0.05, 0.1) is 6.04 Å². The van der Waals surface area contributed by atoms with Crippen molar-refractivity contribution in [2.75, 3.05) is 6.54 Å². The summed E-state index contributed by atoms with van der Waals surface area (Å²) in [5.41, 5.74) is 18.4. The van der Waals surface area contributed by atoms with Gasteiger partial charge in [-0.2, -0.15) is 0 Å². The van der Waals surface area contributed by atoms with Crippen LogP contribution in [0.4, 0.5) is 0 Å². The van der Waals surface area contributed by atoms with Crippen LogP contribution >= 0.6 is 0 Å². The standard InChI is InChI=1S/C29H46N8O5/c1-16(2)12-20(30)25(38)36-24(14-18-15-34-21-9-6-5-8-19(18)21)27(40)37-23(13-17(3)4)26(39)35-22(28(41)42)10-7-11-33-29(31)32/h5-6,8-9,15-17,20,22-24,34H,7,10-14,30H2,1-4H3,(H,35,39)(H,36,38)(H,37,40)(H,41,42)(H4,31,32,33). The van der Waals surface area contributed by atoms with Crippen molar-refractivity contribution in [3.8, 4) is 0 Å². The lowest BCUT2D eigenvalue weighted by Gasteiger charge is -2.26. The van der Waals surface area contributed by atoms with Crippen LogP contribution in [0.25, 0.3) is 10.9 Å². The molecule has 4 atom stereocenters. The number of rotatable bonds is 17. The molecule has 13 heteroatoms. The van der Waals surface area contributed by atoms with E-state index in [0.29, 0.717) is 12.8 Å². The average Bonchev–Trinajstić information content (AvgIpc) is 3.31. The Morgan fingerprint density at radius 3 is 2.10 bits per heavy atom. The number of aliphatic imine (C=N–C) groups is 1. The minimum atomic E-state index is -1.22. The molecule has 0 bridgehead atoms. The average molecular weight is 587 g/mol. The molecule has 0 spiro atoms. The highest BCUT2D eigenvalue weighted by Crippen LogP contribution is 2.19. The Hall–Kier alpha value is -4.13. The molecule has 0 aliphatic carbocycles. The fraction of sp³-hybridized carbons (Fsp3) is 0.552. The molecule has 0 saturated heterocycles. The van der Waals surface area contributed by atoms with E-state index < -0.39 is 47.9 Å². The summed E-state index contributed by atoms with van der Waals surface area (Å²) in [6, 6.07) is 3.50. The molecule has 3 amide bonds. The van der Waals surface area contributed by atoms with Gasteiger partial charge in [0.25, 0.3) is 0 Å². The summed E-state index contributed by atoms with van der Waals surface area (Å²) in [5.74, 6) is -2.85. The quantitative estimate of drug-likeness (QED) is 0.0746. The summed E-state index contributed by atoms with van der Waals surface area (Å²) >= 11 is 0. The fourth-order valence-electron chi connectivity index (χ4n) is 4.63. The van der Waals surface area contributed by atoms with E-state index in [2.05, 4.69) is 25.9 Å². The number of aromatic nitrogens is 1. The van der Waals surface area contributed by atoms with E-state index in [-0.39, 0.29) is 43.6 Å². The lowest BCUT2D eigenvalue weighted by molar-refractivity contribution is -0.142. The van der Waals surface area contributed by atoms with Crippen molar-refractivity contribution in [1.82, 2.24) is 20.9 Å². The Balaban J connectivity index is 2.25. The van der Waals surface area contributed by atoms with Gasteiger partial charge in [0.1, 0.15) is 18.1 Å². The first-order valence-corrected chi connectivity index (χ1v) is 14.3. The van der Waals surface area contributed by atoms with Gasteiger partial charge < -0.3 is 43.2 Å². The second-order valence-corrected chi connectivity index (χ2v) is 11.4. The van der Waals surface area contributed by atoms with E-state index >= 15 is 0 Å². The van der Waals surface area contributed by atoms with Gasteiger partial charge in [0, 0.05) is 30.1 Å². The van der Waals surface area contributed by atoms with Crippen LogP contribution in [0.5, 0.6) is 0 Å². The minimum Gasteiger partial charge on any atom is -0.480 e. The molecule has 42 heavy (non-hydrogen) atoms. The number of fused-ring (bicyclic) bond motifs is 1. The number of benzene rings is 1. The SMILES string of the molecule is CC(C)CC(N)C(=O)NC(Cc1c[nH]c2ccccc12)C(=O)NC(CC(C)C)C(=O)NC(CCCN=C(N)N)C(=O)O. The van der Waals surface area contributed by atoms with E-state index in [1.165, 1.54) is 0 Å². The number of guanidine groups is 1.